The monoisotopic (exact) mass is 242 g/mol. The van der Waals surface area contributed by atoms with Gasteiger partial charge >= 0.3 is 0 Å². The number of rotatable bonds is 2. The zero-order chi connectivity index (χ0) is 12.6. The van der Waals surface area contributed by atoms with Crippen LogP contribution in [0, 0.1) is 15.9 Å². The lowest BCUT2D eigenvalue weighted by atomic mass is 10.2. The summed E-state index contributed by atoms with van der Waals surface area (Å²) < 4.78 is 13.2. The Hall–Kier alpha value is -1.73. The normalized spacial score (nSPS) is 24.1. The van der Waals surface area contributed by atoms with Gasteiger partial charge in [-0.15, -0.1) is 0 Å². The molecule has 0 aliphatic carbocycles. The van der Waals surface area contributed by atoms with Crippen molar-refractivity contribution in [1.29, 1.82) is 0 Å². The number of hydrogen-bond donors (Lipinski definition) is 2. The number of anilines is 1. The van der Waals surface area contributed by atoms with Gasteiger partial charge in [0, 0.05) is 24.8 Å². The highest BCUT2D eigenvalue weighted by Gasteiger charge is 2.30. The summed E-state index contributed by atoms with van der Waals surface area (Å²) in [4.78, 5) is 11.4. The lowest BCUT2D eigenvalue weighted by molar-refractivity contribution is -0.385. The van der Waals surface area contributed by atoms with E-state index in [2.05, 4.69) is 0 Å². The van der Waals surface area contributed by atoms with Crippen LogP contribution in [0.3, 0.4) is 0 Å². The zero-order valence-electron chi connectivity index (χ0n) is 8.78. The van der Waals surface area contributed by atoms with Gasteiger partial charge in [0.2, 0.25) is 0 Å². The molecule has 92 valence electrons. The second-order valence-corrected chi connectivity index (χ2v) is 3.96. The molecule has 1 aliphatic rings. The fraction of sp³-hybridized carbons (Fsp3) is 0.400. The van der Waals surface area contributed by atoms with Gasteiger partial charge in [0.15, 0.2) is 0 Å². The Morgan fingerprint density at radius 2 is 1.88 bits per heavy atom. The quantitative estimate of drug-likeness (QED) is 0.574. The number of aliphatic hydroxyl groups is 2. The summed E-state index contributed by atoms with van der Waals surface area (Å²) in [6.07, 6.45) is -1.84. The van der Waals surface area contributed by atoms with Crippen molar-refractivity contribution in [3.63, 3.8) is 0 Å². The van der Waals surface area contributed by atoms with E-state index in [9.17, 15) is 24.7 Å². The maximum atomic E-state index is 13.2. The number of benzene rings is 1. The van der Waals surface area contributed by atoms with E-state index < -0.39 is 22.9 Å². The Bertz CT molecular complexity index is 444. The highest BCUT2D eigenvalue weighted by Crippen LogP contribution is 2.26. The van der Waals surface area contributed by atoms with Gasteiger partial charge < -0.3 is 15.1 Å². The minimum absolute atomic E-state index is 0.127. The Morgan fingerprint density at radius 3 is 2.41 bits per heavy atom. The molecule has 1 aliphatic heterocycles. The summed E-state index contributed by atoms with van der Waals surface area (Å²) in [5.41, 5.74) is -0.0665. The van der Waals surface area contributed by atoms with Crippen molar-refractivity contribution in [3.05, 3.63) is 34.1 Å². The van der Waals surface area contributed by atoms with Crippen molar-refractivity contribution < 1.29 is 19.5 Å². The number of nitro groups is 1. The van der Waals surface area contributed by atoms with E-state index in [1.54, 1.807) is 0 Å². The highest BCUT2D eigenvalue weighted by molar-refractivity contribution is 5.54. The molecule has 1 fully saturated rings. The number of aliphatic hydroxyl groups excluding tert-OH is 2. The molecule has 0 amide bonds. The number of hydrogen-bond acceptors (Lipinski definition) is 5. The number of nitro benzene ring substituents is 1. The van der Waals surface area contributed by atoms with Gasteiger partial charge in [-0.1, -0.05) is 0 Å². The topological polar surface area (TPSA) is 86.8 Å². The summed E-state index contributed by atoms with van der Waals surface area (Å²) in [6.45, 7) is 0.254. The first-order valence-electron chi connectivity index (χ1n) is 5.03. The number of nitrogens with zero attached hydrogens (tertiary/aromatic N) is 2. The van der Waals surface area contributed by atoms with Crippen molar-refractivity contribution in [3.8, 4) is 0 Å². The maximum Gasteiger partial charge on any atom is 0.274 e. The van der Waals surface area contributed by atoms with Crippen molar-refractivity contribution in [2.45, 2.75) is 12.2 Å². The maximum absolute atomic E-state index is 13.2. The predicted octanol–water partition coefficient (Wildman–Crippen LogP) is 0.276. The van der Waals surface area contributed by atoms with Crippen molar-refractivity contribution in [1.82, 2.24) is 0 Å². The van der Waals surface area contributed by atoms with Crippen LogP contribution < -0.4 is 4.90 Å². The molecule has 2 rings (SSSR count). The van der Waals surface area contributed by atoms with E-state index in [4.69, 9.17) is 0 Å². The second kappa shape index (κ2) is 4.27. The van der Waals surface area contributed by atoms with Crippen LogP contribution in [0.25, 0.3) is 0 Å². The lowest BCUT2D eigenvalue weighted by Crippen LogP contribution is -2.22. The van der Waals surface area contributed by atoms with E-state index in [1.165, 1.54) is 11.0 Å². The van der Waals surface area contributed by atoms with Gasteiger partial charge in [-0.25, -0.2) is 4.39 Å². The molecule has 0 bridgehead atoms. The third-order valence-electron chi connectivity index (χ3n) is 2.70. The van der Waals surface area contributed by atoms with E-state index in [0.717, 1.165) is 12.1 Å². The average molecular weight is 242 g/mol. The number of β-amino-alcohol motifs (C(OH)–C–C–N with tert-alkyl or cyclic N) is 2. The van der Waals surface area contributed by atoms with Gasteiger partial charge in [-0.05, 0) is 6.07 Å². The fourth-order valence-electron chi connectivity index (χ4n) is 1.83. The molecule has 1 aromatic carbocycles. The molecule has 6 nitrogen and oxygen atoms in total. The number of halogens is 1. The summed E-state index contributed by atoms with van der Waals surface area (Å²) in [5.74, 6) is -0.718. The van der Waals surface area contributed by atoms with Crippen LogP contribution in [0.2, 0.25) is 0 Å². The minimum atomic E-state index is -0.919. The molecule has 1 heterocycles. The van der Waals surface area contributed by atoms with E-state index in [-0.39, 0.29) is 24.5 Å². The first-order chi connectivity index (χ1) is 7.97. The first-order valence-corrected chi connectivity index (χ1v) is 5.03. The molecular weight excluding hydrogens is 231 g/mol. The van der Waals surface area contributed by atoms with Crippen LogP contribution in [0.15, 0.2) is 18.2 Å². The molecule has 2 atom stereocenters. The first kappa shape index (κ1) is 11.7. The molecule has 0 spiro atoms. The molecule has 0 aromatic heterocycles. The summed E-state index contributed by atoms with van der Waals surface area (Å²) in [5, 5.41) is 29.3. The van der Waals surface area contributed by atoms with Gasteiger partial charge in [0.05, 0.1) is 23.2 Å². The van der Waals surface area contributed by atoms with Crippen molar-refractivity contribution in [2.75, 3.05) is 18.0 Å². The van der Waals surface area contributed by atoms with E-state index >= 15 is 0 Å². The Morgan fingerprint density at radius 1 is 1.29 bits per heavy atom. The Kier molecular flexibility index (Phi) is 2.95. The lowest BCUT2D eigenvalue weighted by Gasteiger charge is -2.17. The van der Waals surface area contributed by atoms with Crippen LogP contribution in [-0.2, 0) is 0 Å². The second-order valence-electron chi connectivity index (χ2n) is 3.96. The molecule has 1 aromatic rings. The van der Waals surface area contributed by atoms with Crippen LogP contribution in [0.4, 0.5) is 15.8 Å². The van der Waals surface area contributed by atoms with Gasteiger partial charge in [-0.3, -0.25) is 10.1 Å². The predicted molar refractivity (Wildman–Crippen MR) is 57.3 cm³/mol. The molecule has 0 radical (unpaired) electrons. The fourth-order valence-corrected chi connectivity index (χ4v) is 1.83. The van der Waals surface area contributed by atoms with Crippen LogP contribution >= 0.6 is 0 Å². The average Bonchev–Trinajstić information content (AvgIpc) is 2.58. The largest absolute Gasteiger partial charge is 0.389 e. The SMILES string of the molecule is O=[N+]([O-])c1cc(F)cc(N2CC(O)C(O)C2)c1. The Balaban J connectivity index is 2.30. The third-order valence-corrected chi connectivity index (χ3v) is 2.70. The van der Waals surface area contributed by atoms with Crippen molar-refractivity contribution in [2.24, 2.45) is 0 Å². The molecule has 17 heavy (non-hydrogen) atoms. The van der Waals surface area contributed by atoms with Gasteiger partial charge in [0.25, 0.3) is 5.69 Å². The van der Waals surface area contributed by atoms with Gasteiger partial charge in [0.1, 0.15) is 5.82 Å². The molecule has 2 unspecified atom stereocenters. The van der Waals surface area contributed by atoms with Crippen LogP contribution in [0.1, 0.15) is 0 Å². The highest BCUT2D eigenvalue weighted by atomic mass is 19.1. The molecule has 0 saturated carbocycles. The summed E-state index contributed by atoms with van der Waals surface area (Å²) >= 11 is 0. The summed E-state index contributed by atoms with van der Waals surface area (Å²) in [7, 11) is 0. The van der Waals surface area contributed by atoms with E-state index in [1.807, 2.05) is 0 Å². The van der Waals surface area contributed by atoms with Gasteiger partial charge in [-0.2, -0.15) is 0 Å². The molecular formula is C10H11FN2O4. The summed E-state index contributed by atoms with van der Waals surface area (Å²) in [6, 6.07) is 3.18. The smallest absolute Gasteiger partial charge is 0.274 e. The van der Waals surface area contributed by atoms with Crippen LogP contribution in [0.5, 0.6) is 0 Å². The molecule has 1 saturated heterocycles. The van der Waals surface area contributed by atoms with Crippen LogP contribution in [-0.4, -0.2) is 40.4 Å². The zero-order valence-corrected chi connectivity index (χ0v) is 8.78. The molecule has 2 N–H and O–H groups in total. The number of non-ortho nitro benzene ring substituents is 1. The standard InChI is InChI=1S/C10H11FN2O4/c11-6-1-7(3-8(2-6)13(16)17)12-4-9(14)10(15)5-12/h1-3,9-10,14-15H,4-5H2. The minimum Gasteiger partial charge on any atom is -0.389 e. The molecule has 7 heteroatoms. The third kappa shape index (κ3) is 2.34. The Labute approximate surface area is 96.1 Å². The van der Waals surface area contributed by atoms with E-state index in [0.29, 0.717) is 0 Å². The van der Waals surface area contributed by atoms with Crippen molar-refractivity contribution >= 4 is 11.4 Å².